The van der Waals surface area contributed by atoms with E-state index in [0.717, 1.165) is 50.2 Å². The highest BCUT2D eigenvalue weighted by molar-refractivity contribution is 5.82. The van der Waals surface area contributed by atoms with Crippen molar-refractivity contribution in [2.75, 3.05) is 24.5 Å². The van der Waals surface area contributed by atoms with Crippen molar-refractivity contribution in [2.45, 2.75) is 65.6 Å². The Balaban J connectivity index is 1.65. The first-order chi connectivity index (χ1) is 15.8. The van der Waals surface area contributed by atoms with Crippen molar-refractivity contribution < 1.29 is 9.53 Å². The Hall–Kier alpha value is -2.53. The molecule has 3 rings (SSSR count). The fourth-order valence-electron chi connectivity index (χ4n) is 4.43. The Morgan fingerprint density at radius 1 is 1.06 bits per heavy atom. The zero-order valence-electron chi connectivity index (χ0n) is 20.7. The molecule has 2 aromatic rings. The van der Waals surface area contributed by atoms with Crippen LogP contribution in [0.15, 0.2) is 54.6 Å². The molecule has 2 unspecified atom stereocenters. The van der Waals surface area contributed by atoms with Crippen molar-refractivity contribution in [3.63, 3.8) is 0 Å². The maximum absolute atomic E-state index is 12.9. The summed E-state index contributed by atoms with van der Waals surface area (Å²) in [6.45, 7) is 11.8. The van der Waals surface area contributed by atoms with Crippen LogP contribution in [0.5, 0.6) is 5.75 Å². The van der Waals surface area contributed by atoms with Crippen molar-refractivity contribution in [2.24, 2.45) is 17.6 Å². The first kappa shape index (κ1) is 25.1. The minimum Gasteiger partial charge on any atom is -0.489 e. The average molecular weight is 452 g/mol. The zero-order chi connectivity index (χ0) is 23.8. The summed E-state index contributed by atoms with van der Waals surface area (Å²) >= 11 is 0. The van der Waals surface area contributed by atoms with E-state index in [1.54, 1.807) is 0 Å². The number of rotatable bonds is 11. The minimum atomic E-state index is -0.395. The SMILES string of the molecule is CC(C)CCN(c1ccc(OCc2ccccc2)cc1)C1CCN(C(=O)C(N)CC(C)C)C1. The van der Waals surface area contributed by atoms with Gasteiger partial charge in [0.25, 0.3) is 0 Å². The van der Waals surface area contributed by atoms with Gasteiger partial charge in [0.1, 0.15) is 12.4 Å². The molecule has 0 bridgehead atoms. The number of carbonyl (C=O) groups is 1. The molecule has 0 aliphatic carbocycles. The van der Waals surface area contributed by atoms with Crippen LogP contribution in [-0.2, 0) is 11.4 Å². The minimum absolute atomic E-state index is 0.0969. The molecule has 0 aromatic heterocycles. The lowest BCUT2D eigenvalue weighted by atomic mass is 10.0. The van der Waals surface area contributed by atoms with Crippen LogP contribution in [0.25, 0.3) is 0 Å². The van der Waals surface area contributed by atoms with E-state index in [2.05, 4.69) is 69.0 Å². The highest BCUT2D eigenvalue weighted by atomic mass is 16.5. The van der Waals surface area contributed by atoms with Gasteiger partial charge in [-0.2, -0.15) is 0 Å². The summed E-state index contributed by atoms with van der Waals surface area (Å²) in [6, 6.07) is 18.5. The number of ether oxygens (including phenoxy) is 1. The molecule has 1 saturated heterocycles. The predicted octanol–water partition coefficient (Wildman–Crippen LogP) is 5.09. The van der Waals surface area contributed by atoms with E-state index in [4.69, 9.17) is 10.5 Å². The first-order valence-electron chi connectivity index (χ1n) is 12.4. The molecule has 33 heavy (non-hydrogen) atoms. The van der Waals surface area contributed by atoms with Gasteiger partial charge in [-0.15, -0.1) is 0 Å². The van der Waals surface area contributed by atoms with E-state index < -0.39 is 6.04 Å². The second kappa shape index (κ2) is 12.1. The molecule has 1 amide bonds. The molecule has 0 saturated carbocycles. The van der Waals surface area contributed by atoms with Gasteiger partial charge in [-0.05, 0) is 60.9 Å². The summed E-state index contributed by atoms with van der Waals surface area (Å²) in [7, 11) is 0. The van der Waals surface area contributed by atoms with E-state index in [-0.39, 0.29) is 5.91 Å². The van der Waals surface area contributed by atoms with E-state index in [9.17, 15) is 4.79 Å². The molecule has 180 valence electrons. The normalized spacial score (nSPS) is 16.9. The summed E-state index contributed by atoms with van der Waals surface area (Å²) in [5.41, 5.74) is 8.54. The molecule has 2 N–H and O–H groups in total. The summed E-state index contributed by atoms with van der Waals surface area (Å²) in [4.78, 5) is 17.3. The van der Waals surface area contributed by atoms with Crippen LogP contribution < -0.4 is 15.4 Å². The Labute approximate surface area is 199 Å². The van der Waals surface area contributed by atoms with Crippen molar-refractivity contribution in [3.8, 4) is 5.75 Å². The standard InChI is InChI=1S/C28H41N3O2/c1-21(2)14-17-31(25-15-16-30(19-25)28(32)27(29)18-22(3)4)24-10-12-26(13-11-24)33-20-23-8-6-5-7-9-23/h5-13,21-22,25,27H,14-20,29H2,1-4H3. The topological polar surface area (TPSA) is 58.8 Å². The van der Waals surface area contributed by atoms with Crippen LogP contribution in [0, 0.1) is 11.8 Å². The van der Waals surface area contributed by atoms with Gasteiger partial charge in [-0.1, -0.05) is 58.0 Å². The van der Waals surface area contributed by atoms with Gasteiger partial charge >= 0.3 is 0 Å². The molecule has 1 aliphatic heterocycles. The van der Waals surface area contributed by atoms with Crippen LogP contribution in [0.4, 0.5) is 5.69 Å². The molecule has 5 nitrogen and oxygen atoms in total. The monoisotopic (exact) mass is 451 g/mol. The summed E-state index contributed by atoms with van der Waals surface area (Å²) in [5, 5.41) is 0. The van der Waals surface area contributed by atoms with Gasteiger partial charge in [0, 0.05) is 31.4 Å². The van der Waals surface area contributed by atoms with Crippen molar-refractivity contribution in [1.82, 2.24) is 4.90 Å². The fraction of sp³-hybridized carbons (Fsp3) is 0.536. The quantitative estimate of drug-likeness (QED) is 0.517. The van der Waals surface area contributed by atoms with E-state index in [1.807, 2.05) is 23.1 Å². The molecule has 1 aliphatic rings. The van der Waals surface area contributed by atoms with Crippen LogP contribution in [0.2, 0.25) is 0 Å². The molecule has 0 radical (unpaired) electrons. The summed E-state index contributed by atoms with van der Waals surface area (Å²) < 4.78 is 5.97. The molecule has 2 atom stereocenters. The average Bonchev–Trinajstić information content (AvgIpc) is 3.28. The lowest BCUT2D eigenvalue weighted by Gasteiger charge is -2.32. The second-order valence-electron chi connectivity index (χ2n) is 10.1. The van der Waals surface area contributed by atoms with E-state index >= 15 is 0 Å². The fourth-order valence-corrected chi connectivity index (χ4v) is 4.43. The first-order valence-corrected chi connectivity index (χ1v) is 12.4. The predicted molar refractivity (Wildman–Crippen MR) is 136 cm³/mol. The number of amides is 1. The van der Waals surface area contributed by atoms with E-state index in [1.165, 1.54) is 5.69 Å². The second-order valence-corrected chi connectivity index (χ2v) is 10.1. The third kappa shape index (κ3) is 7.50. The summed E-state index contributed by atoms with van der Waals surface area (Å²) in [5.74, 6) is 2.01. The Morgan fingerprint density at radius 3 is 2.39 bits per heavy atom. The number of anilines is 1. The maximum atomic E-state index is 12.9. The number of nitrogens with two attached hydrogens (primary N) is 1. The molecular weight excluding hydrogens is 410 g/mol. The highest BCUT2D eigenvalue weighted by Crippen LogP contribution is 2.27. The number of benzene rings is 2. The van der Waals surface area contributed by atoms with Gasteiger partial charge in [0.15, 0.2) is 0 Å². The van der Waals surface area contributed by atoms with Crippen molar-refractivity contribution >= 4 is 11.6 Å². The molecule has 1 heterocycles. The maximum Gasteiger partial charge on any atom is 0.239 e. The Kier molecular flexibility index (Phi) is 9.19. The molecule has 5 heteroatoms. The van der Waals surface area contributed by atoms with Crippen molar-refractivity contribution in [1.29, 1.82) is 0 Å². The van der Waals surface area contributed by atoms with Crippen molar-refractivity contribution in [3.05, 3.63) is 60.2 Å². The largest absolute Gasteiger partial charge is 0.489 e. The van der Waals surface area contributed by atoms with Gasteiger partial charge in [-0.3, -0.25) is 4.79 Å². The molecule has 2 aromatic carbocycles. The summed E-state index contributed by atoms with van der Waals surface area (Å²) in [6.07, 6.45) is 2.83. The Morgan fingerprint density at radius 2 is 1.76 bits per heavy atom. The van der Waals surface area contributed by atoms with Crippen LogP contribution >= 0.6 is 0 Å². The molecule has 0 spiro atoms. The number of hydrogen-bond donors (Lipinski definition) is 1. The van der Waals surface area contributed by atoms with Gasteiger partial charge in [-0.25, -0.2) is 0 Å². The number of carbonyl (C=O) groups excluding carboxylic acids is 1. The zero-order valence-corrected chi connectivity index (χ0v) is 20.7. The molecular formula is C28H41N3O2. The number of hydrogen-bond acceptors (Lipinski definition) is 4. The van der Waals surface area contributed by atoms with Crippen LogP contribution in [0.3, 0.4) is 0 Å². The van der Waals surface area contributed by atoms with E-state index in [0.29, 0.717) is 24.5 Å². The lowest BCUT2D eigenvalue weighted by molar-refractivity contribution is -0.131. The van der Waals surface area contributed by atoms with Gasteiger partial charge in [0.05, 0.1) is 6.04 Å². The third-order valence-electron chi connectivity index (χ3n) is 6.32. The number of likely N-dealkylation sites (tertiary alicyclic amines) is 1. The van der Waals surface area contributed by atoms with Crippen LogP contribution in [0.1, 0.15) is 52.5 Å². The smallest absolute Gasteiger partial charge is 0.239 e. The molecule has 1 fully saturated rings. The Bertz CT molecular complexity index is 851. The van der Waals surface area contributed by atoms with Gasteiger partial charge < -0.3 is 20.3 Å². The van der Waals surface area contributed by atoms with Gasteiger partial charge in [0.2, 0.25) is 5.91 Å². The highest BCUT2D eigenvalue weighted by Gasteiger charge is 2.32. The van der Waals surface area contributed by atoms with Crippen LogP contribution in [-0.4, -0.2) is 42.5 Å². The third-order valence-corrected chi connectivity index (χ3v) is 6.32. The lowest BCUT2D eigenvalue weighted by Crippen LogP contribution is -2.45. The number of nitrogens with zero attached hydrogens (tertiary/aromatic N) is 2.